The van der Waals surface area contributed by atoms with Gasteiger partial charge in [0.25, 0.3) is 0 Å². The molecule has 2 aromatic carbocycles. The molecule has 330 valence electrons. The number of nitrogens with zero attached hydrogens (tertiary/aromatic N) is 13. The summed E-state index contributed by atoms with van der Waals surface area (Å²) in [4.78, 5) is 31.3. The molecule has 8 aromatic heterocycles. The average molecular weight is 894 g/mol. The standard InChI is InChI=1S/C21H21N5O.C21H19N5.C9H8ClN3/c1-12-5-7-15(21(27)9-4-10-21)11-16(12)19-25-24-18-14(3)23-17-8-6-13(2)22-20(17)26(18)19;1-12-7-9-16(15-5-4-6-15)11-17(12)20-25-24-19-14(3)23-18-10-8-13(2)22-21(18)26(19)20;1-5-3-4-7-9(11-5)13-8(10)6(2)12-7/h5-8,11,27H,4,9-10H2,1-3H3;5,7-11H,4,6H2,1-3H3;3-4H,1-2H3. The van der Waals surface area contributed by atoms with Gasteiger partial charge in [0.15, 0.2) is 45.0 Å². The molecule has 2 aliphatic rings. The molecule has 1 fully saturated rings. The molecule has 2 aliphatic carbocycles. The maximum Gasteiger partial charge on any atom is 0.184 e. The third-order valence-corrected chi connectivity index (χ3v) is 13.0. The van der Waals surface area contributed by atoms with E-state index in [-0.39, 0.29) is 0 Å². The lowest BCUT2D eigenvalue weighted by Gasteiger charge is -2.37. The third kappa shape index (κ3) is 7.69. The lowest BCUT2D eigenvalue weighted by molar-refractivity contribution is -0.0387. The largest absolute Gasteiger partial charge is 0.385 e. The second kappa shape index (κ2) is 16.7. The normalized spacial score (nSPS) is 14.1. The number of allylic oxidation sites excluding steroid dienone is 2. The van der Waals surface area contributed by atoms with Gasteiger partial charge >= 0.3 is 0 Å². The number of pyridine rings is 3. The fourth-order valence-electron chi connectivity index (χ4n) is 8.50. The lowest BCUT2D eigenvalue weighted by atomic mass is 9.74. The van der Waals surface area contributed by atoms with Crippen LogP contribution in [0.2, 0.25) is 5.15 Å². The van der Waals surface area contributed by atoms with Crippen LogP contribution in [0.4, 0.5) is 0 Å². The number of aryl methyl sites for hydroxylation is 8. The second-order valence-electron chi connectivity index (χ2n) is 17.5. The number of hydrogen-bond acceptors (Lipinski definition) is 12. The van der Waals surface area contributed by atoms with Crippen molar-refractivity contribution in [2.45, 2.75) is 93.1 Å². The van der Waals surface area contributed by atoms with Gasteiger partial charge in [-0.15, -0.1) is 20.4 Å². The molecule has 10 aromatic rings. The molecule has 15 heteroatoms. The first-order valence-corrected chi connectivity index (χ1v) is 22.5. The van der Waals surface area contributed by atoms with Gasteiger partial charge in [-0.3, -0.25) is 8.80 Å². The van der Waals surface area contributed by atoms with Crippen molar-refractivity contribution in [2.24, 2.45) is 0 Å². The predicted molar refractivity (Wildman–Crippen MR) is 258 cm³/mol. The molecule has 12 rings (SSSR count). The topological polar surface area (TPSA) is 171 Å². The van der Waals surface area contributed by atoms with Crippen molar-refractivity contribution in [3.63, 3.8) is 0 Å². The summed E-state index contributed by atoms with van der Waals surface area (Å²) in [6, 6.07) is 24.5. The van der Waals surface area contributed by atoms with Crippen LogP contribution in [0, 0.1) is 55.4 Å². The Kier molecular flexibility index (Phi) is 10.8. The van der Waals surface area contributed by atoms with Crippen LogP contribution in [-0.2, 0) is 5.60 Å². The second-order valence-corrected chi connectivity index (χ2v) is 17.8. The van der Waals surface area contributed by atoms with Crippen LogP contribution in [0.15, 0.2) is 78.9 Å². The highest BCUT2D eigenvalue weighted by atomic mass is 35.5. The third-order valence-electron chi connectivity index (χ3n) is 12.6. The van der Waals surface area contributed by atoms with Gasteiger partial charge in [-0.25, -0.2) is 34.9 Å². The zero-order valence-electron chi connectivity index (χ0n) is 38.2. The first-order valence-electron chi connectivity index (χ1n) is 22.1. The number of aliphatic hydroxyl groups is 1. The maximum atomic E-state index is 10.8. The van der Waals surface area contributed by atoms with E-state index in [0.29, 0.717) is 16.4 Å². The summed E-state index contributed by atoms with van der Waals surface area (Å²) < 4.78 is 4.04. The van der Waals surface area contributed by atoms with Crippen LogP contribution in [0.1, 0.15) is 88.5 Å². The lowest BCUT2D eigenvalue weighted by Crippen LogP contribution is -2.33. The number of halogens is 1. The first kappa shape index (κ1) is 42.8. The highest BCUT2D eigenvalue weighted by Crippen LogP contribution is 2.42. The Hall–Kier alpha value is -7.16. The van der Waals surface area contributed by atoms with Crippen LogP contribution in [0.25, 0.3) is 73.1 Å². The Bertz CT molecular complexity index is 3610. The van der Waals surface area contributed by atoms with E-state index >= 15 is 0 Å². The molecule has 0 spiro atoms. The van der Waals surface area contributed by atoms with Crippen LogP contribution < -0.4 is 0 Å². The molecule has 0 radical (unpaired) electrons. The molecule has 0 atom stereocenters. The van der Waals surface area contributed by atoms with Gasteiger partial charge in [0.2, 0.25) is 0 Å². The summed E-state index contributed by atoms with van der Waals surface area (Å²) in [5, 5.41) is 29.0. The Balaban J connectivity index is 0.000000123. The summed E-state index contributed by atoms with van der Waals surface area (Å²) in [6.45, 7) is 15.8. The van der Waals surface area contributed by atoms with Crippen LogP contribution in [-0.4, -0.2) is 69.2 Å². The van der Waals surface area contributed by atoms with E-state index in [9.17, 15) is 5.11 Å². The Labute approximate surface area is 386 Å². The fraction of sp³-hybridized carbons (Fsp3) is 0.275. The van der Waals surface area contributed by atoms with Gasteiger partial charge in [0.05, 0.1) is 22.7 Å². The molecule has 0 saturated heterocycles. The van der Waals surface area contributed by atoms with Crippen molar-refractivity contribution < 1.29 is 5.11 Å². The van der Waals surface area contributed by atoms with Crippen molar-refractivity contribution in [3.8, 4) is 22.8 Å². The molecule has 1 N–H and O–H groups in total. The Morgan fingerprint density at radius 3 is 1.58 bits per heavy atom. The van der Waals surface area contributed by atoms with Gasteiger partial charge < -0.3 is 5.11 Å². The minimum Gasteiger partial charge on any atom is -0.385 e. The van der Waals surface area contributed by atoms with Gasteiger partial charge in [0, 0.05) is 28.2 Å². The van der Waals surface area contributed by atoms with E-state index in [0.717, 1.165) is 127 Å². The fourth-order valence-corrected chi connectivity index (χ4v) is 8.62. The summed E-state index contributed by atoms with van der Waals surface area (Å²) in [7, 11) is 0. The zero-order valence-corrected chi connectivity index (χ0v) is 38.9. The molecule has 0 aliphatic heterocycles. The van der Waals surface area contributed by atoms with Crippen molar-refractivity contribution in [1.82, 2.24) is 64.1 Å². The summed E-state index contributed by atoms with van der Waals surface area (Å²) in [5.41, 5.74) is 18.6. The van der Waals surface area contributed by atoms with E-state index in [2.05, 4.69) is 95.6 Å². The highest BCUT2D eigenvalue weighted by molar-refractivity contribution is 6.30. The summed E-state index contributed by atoms with van der Waals surface area (Å²) >= 11 is 5.83. The van der Waals surface area contributed by atoms with Gasteiger partial charge in [-0.1, -0.05) is 41.9 Å². The van der Waals surface area contributed by atoms with E-state index < -0.39 is 5.60 Å². The summed E-state index contributed by atoms with van der Waals surface area (Å²) in [6.07, 6.45) is 7.30. The van der Waals surface area contributed by atoms with Gasteiger partial charge in [-0.2, -0.15) is 0 Å². The molecule has 0 bridgehead atoms. The molecule has 66 heavy (non-hydrogen) atoms. The van der Waals surface area contributed by atoms with Crippen molar-refractivity contribution in [2.75, 3.05) is 0 Å². The van der Waals surface area contributed by atoms with Gasteiger partial charge in [0.1, 0.15) is 16.6 Å². The van der Waals surface area contributed by atoms with Crippen LogP contribution in [0.5, 0.6) is 0 Å². The Morgan fingerprint density at radius 2 is 1.05 bits per heavy atom. The van der Waals surface area contributed by atoms with Crippen LogP contribution in [0.3, 0.4) is 0 Å². The molecule has 8 heterocycles. The molecule has 1 saturated carbocycles. The molecule has 0 unspecified atom stereocenters. The quantitative estimate of drug-likeness (QED) is 0.178. The SMILES string of the molecule is Cc1ccc2nc(C)c(Cl)nc2n1.Cc1ccc2nc(C)c3nnc(-c4cc(C5(O)CCC5)ccc4C)n3c2n1.Cc1ccc2nc(C)c3nnc(-c4cc(C5=CCC5)ccc4C)n3c2n1. The molecular weight excluding hydrogens is 846 g/mol. The smallest absolute Gasteiger partial charge is 0.184 e. The van der Waals surface area contributed by atoms with Crippen molar-refractivity contribution in [3.05, 3.63) is 140 Å². The summed E-state index contributed by atoms with van der Waals surface area (Å²) in [5.74, 6) is 1.56. The first-order chi connectivity index (χ1) is 31.7. The van der Waals surface area contributed by atoms with E-state index in [1.165, 1.54) is 23.1 Å². The average Bonchev–Trinajstić information content (AvgIpc) is 3.92. The van der Waals surface area contributed by atoms with E-state index in [4.69, 9.17) is 21.6 Å². The van der Waals surface area contributed by atoms with Crippen molar-refractivity contribution >= 4 is 62.0 Å². The number of benzene rings is 2. The number of rotatable bonds is 4. The molecule has 0 amide bonds. The number of aromatic nitrogens is 13. The zero-order chi connectivity index (χ0) is 46.0. The van der Waals surface area contributed by atoms with Gasteiger partial charge in [-0.05, 0) is 164 Å². The number of fused-ring (bicyclic) bond motifs is 7. The van der Waals surface area contributed by atoms with Crippen LogP contribution >= 0.6 is 11.6 Å². The maximum absolute atomic E-state index is 10.8. The minimum absolute atomic E-state index is 0.422. The Morgan fingerprint density at radius 1 is 0.530 bits per heavy atom. The molecule has 14 nitrogen and oxygen atoms in total. The van der Waals surface area contributed by atoms with E-state index in [1.54, 1.807) is 0 Å². The molecular formula is C51H48ClN13O. The van der Waals surface area contributed by atoms with E-state index in [1.807, 2.05) is 92.8 Å². The predicted octanol–water partition coefficient (Wildman–Crippen LogP) is 10.4. The minimum atomic E-state index is -0.711. The van der Waals surface area contributed by atoms with Crippen molar-refractivity contribution in [1.29, 1.82) is 0 Å². The highest BCUT2D eigenvalue weighted by Gasteiger charge is 2.36. The number of hydrogen-bond donors (Lipinski definition) is 1. The monoisotopic (exact) mass is 893 g/mol.